The Bertz CT molecular complexity index is 323. The van der Waals surface area contributed by atoms with Crippen molar-refractivity contribution in [2.24, 2.45) is 0 Å². The molecule has 0 radical (unpaired) electrons. The highest BCUT2D eigenvalue weighted by Gasteiger charge is 2.09. The minimum absolute atomic E-state index is 0.562. The molecule has 0 atom stereocenters. The molecule has 0 saturated carbocycles. The van der Waals surface area contributed by atoms with Crippen molar-refractivity contribution in [3.63, 3.8) is 0 Å². The molecule has 0 N–H and O–H groups in total. The first-order valence-electron chi connectivity index (χ1n) is 4.76. The number of halogens is 1. The molecule has 1 heterocycles. The minimum atomic E-state index is 0.562. The van der Waals surface area contributed by atoms with Crippen LogP contribution in [0.4, 0.5) is 5.82 Å². The van der Waals surface area contributed by atoms with Crippen LogP contribution in [0.3, 0.4) is 0 Å². The van der Waals surface area contributed by atoms with Crippen LogP contribution in [0.25, 0.3) is 0 Å². The Labute approximate surface area is 90.1 Å². The van der Waals surface area contributed by atoms with Crippen molar-refractivity contribution in [3.05, 3.63) is 16.5 Å². The lowest BCUT2D eigenvalue weighted by Gasteiger charge is -2.15. The van der Waals surface area contributed by atoms with Crippen LogP contribution in [0, 0.1) is 6.92 Å². The van der Waals surface area contributed by atoms with Gasteiger partial charge in [0.05, 0.1) is 0 Å². The van der Waals surface area contributed by atoms with Crippen molar-refractivity contribution in [2.45, 2.75) is 26.7 Å². The number of nitrogens with zero attached hydrogens (tertiary/aromatic N) is 3. The van der Waals surface area contributed by atoms with Gasteiger partial charge >= 0.3 is 0 Å². The predicted molar refractivity (Wildman–Crippen MR) is 60.1 cm³/mol. The number of aryl methyl sites for hydroxylation is 1. The third-order valence-corrected chi connectivity index (χ3v) is 2.37. The molecule has 0 bridgehead atoms. The average molecular weight is 214 g/mol. The van der Waals surface area contributed by atoms with Crippen molar-refractivity contribution in [3.8, 4) is 0 Å². The largest absolute Gasteiger partial charge is 0.362 e. The highest BCUT2D eigenvalue weighted by Crippen LogP contribution is 2.21. The SMILES string of the molecule is CCCc1nc(Cl)c(C)c(N(C)C)n1. The summed E-state index contributed by atoms with van der Waals surface area (Å²) in [5.41, 5.74) is 0.941. The van der Waals surface area contributed by atoms with Crippen molar-refractivity contribution < 1.29 is 0 Å². The van der Waals surface area contributed by atoms with Gasteiger partial charge in [0.25, 0.3) is 0 Å². The number of aromatic nitrogens is 2. The second-order valence-corrected chi connectivity index (χ2v) is 3.88. The summed E-state index contributed by atoms with van der Waals surface area (Å²) in [6.07, 6.45) is 1.91. The van der Waals surface area contributed by atoms with Gasteiger partial charge in [-0.1, -0.05) is 18.5 Å². The Kier molecular flexibility index (Phi) is 3.69. The van der Waals surface area contributed by atoms with Crippen molar-refractivity contribution in [1.82, 2.24) is 9.97 Å². The maximum Gasteiger partial charge on any atom is 0.137 e. The van der Waals surface area contributed by atoms with E-state index in [0.717, 1.165) is 30.0 Å². The van der Waals surface area contributed by atoms with Crippen LogP contribution in [0.5, 0.6) is 0 Å². The summed E-state index contributed by atoms with van der Waals surface area (Å²) >= 11 is 6.02. The molecule has 0 fully saturated rings. The van der Waals surface area contributed by atoms with E-state index < -0.39 is 0 Å². The van der Waals surface area contributed by atoms with Crippen LogP contribution in [-0.2, 0) is 6.42 Å². The predicted octanol–water partition coefficient (Wildman–Crippen LogP) is 2.46. The molecule has 0 aliphatic rings. The number of rotatable bonds is 3. The topological polar surface area (TPSA) is 29.0 Å². The van der Waals surface area contributed by atoms with E-state index in [4.69, 9.17) is 11.6 Å². The third kappa shape index (κ3) is 2.35. The van der Waals surface area contributed by atoms with Crippen molar-refractivity contribution >= 4 is 17.4 Å². The van der Waals surface area contributed by atoms with Gasteiger partial charge < -0.3 is 4.90 Å². The molecule has 0 aliphatic heterocycles. The summed E-state index contributed by atoms with van der Waals surface area (Å²) in [6, 6.07) is 0. The van der Waals surface area contributed by atoms with Gasteiger partial charge in [-0.15, -0.1) is 0 Å². The Balaban J connectivity index is 3.14. The smallest absolute Gasteiger partial charge is 0.137 e. The van der Waals surface area contributed by atoms with E-state index in [2.05, 4.69) is 16.9 Å². The molecule has 78 valence electrons. The lowest BCUT2D eigenvalue weighted by Crippen LogP contribution is -2.14. The fraction of sp³-hybridized carbons (Fsp3) is 0.600. The second-order valence-electron chi connectivity index (χ2n) is 3.52. The Morgan fingerprint density at radius 3 is 2.43 bits per heavy atom. The molecule has 0 spiro atoms. The van der Waals surface area contributed by atoms with Gasteiger partial charge in [-0.3, -0.25) is 0 Å². The maximum absolute atomic E-state index is 6.02. The molecule has 1 aromatic rings. The lowest BCUT2D eigenvalue weighted by molar-refractivity contribution is 0.823. The first-order chi connectivity index (χ1) is 6.56. The average Bonchev–Trinajstić information content (AvgIpc) is 2.11. The molecule has 1 aromatic heterocycles. The van der Waals surface area contributed by atoms with Crippen LogP contribution < -0.4 is 4.90 Å². The Morgan fingerprint density at radius 2 is 1.93 bits per heavy atom. The molecule has 4 heteroatoms. The van der Waals surface area contributed by atoms with E-state index in [9.17, 15) is 0 Å². The monoisotopic (exact) mass is 213 g/mol. The lowest BCUT2D eigenvalue weighted by atomic mass is 10.3. The highest BCUT2D eigenvalue weighted by atomic mass is 35.5. The van der Waals surface area contributed by atoms with Crippen molar-refractivity contribution in [1.29, 1.82) is 0 Å². The fourth-order valence-corrected chi connectivity index (χ4v) is 1.47. The van der Waals surface area contributed by atoms with Crippen LogP contribution in [0.1, 0.15) is 24.7 Å². The molecule has 0 unspecified atom stereocenters. The summed E-state index contributed by atoms with van der Waals surface area (Å²) in [7, 11) is 3.92. The normalized spacial score (nSPS) is 10.4. The van der Waals surface area contributed by atoms with Crippen molar-refractivity contribution in [2.75, 3.05) is 19.0 Å². The summed E-state index contributed by atoms with van der Waals surface area (Å²) in [5, 5.41) is 0.562. The summed E-state index contributed by atoms with van der Waals surface area (Å²) in [6.45, 7) is 4.04. The van der Waals surface area contributed by atoms with Crippen LogP contribution >= 0.6 is 11.6 Å². The first-order valence-corrected chi connectivity index (χ1v) is 5.14. The quantitative estimate of drug-likeness (QED) is 0.723. The van der Waals surface area contributed by atoms with Gasteiger partial charge in [-0.25, -0.2) is 9.97 Å². The standard InChI is InChI=1S/C10H16ClN3/c1-5-6-8-12-9(11)7(2)10(13-8)14(3)4/h5-6H2,1-4H3. The molecule has 3 nitrogen and oxygen atoms in total. The Hall–Kier alpha value is -0.830. The van der Waals surface area contributed by atoms with E-state index >= 15 is 0 Å². The molecule has 1 rings (SSSR count). The van der Waals surface area contributed by atoms with Gasteiger partial charge in [-0.2, -0.15) is 0 Å². The summed E-state index contributed by atoms with van der Waals surface area (Å²) < 4.78 is 0. The number of hydrogen-bond acceptors (Lipinski definition) is 3. The molecular weight excluding hydrogens is 198 g/mol. The zero-order chi connectivity index (χ0) is 10.7. The maximum atomic E-state index is 6.02. The van der Waals surface area contributed by atoms with E-state index in [1.165, 1.54) is 0 Å². The summed E-state index contributed by atoms with van der Waals surface area (Å²) in [4.78, 5) is 10.6. The highest BCUT2D eigenvalue weighted by molar-refractivity contribution is 6.30. The molecular formula is C10H16ClN3. The number of anilines is 1. The van der Waals surface area contributed by atoms with Crippen LogP contribution in [0.15, 0.2) is 0 Å². The molecule has 0 aromatic carbocycles. The minimum Gasteiger partial charge on any atom is -0.362 e. The fourth-order valence-electron chi connectivity index (χ4n) is 1.29. The molecule has 0 aliphatic carbocycles. The number of hydrogen-bond donors (Lipinski definition) is 0. The zero-order valence-corrected chi connectivity index (χ0v) is 9.89. The molecule has 0 saturated heterocycles. The van der Waals surface area contributed by atoms with Gasteiger partial charge in [0.1, 0.15) is 16.8 Å². The van der Waals surface area contributed by atoms with Crippen LogP contribution in [0.2, 0.25) is 5.15 Å². The summed E-state index contributed by atoms with van der Waals surface area (Å²) in [5.74, 6) is 1.74. The van der Waals surface area contributed by atoms with Crippen LogP contribution in [-0.4, -0.2) is 24.1 Å². The van der Waals surface area contributed by atoms with Gasteiger partial charge in [0, 0.05) is 26.1 Å². The Morgan fingerprint density at radius 1 is 1.29 bits per heavy atom. The molecule has 0 amide bonds. The van der Waals surface area contributed by atoms with E-state index in [1.807, 2.05) is 25.9 Å². The van der Waals surface area contributed by atoms with E-state index in [-0.39, 0.29) is 0 Å². The molecule has 14 heavy (non-hydrogen) atoms. The second kappa shape index (κ2) is 4.60. The third-order valence-electron chi connectivity index (χ3n) is 2.00. The van der Waals surface area contributed by atoms with Gasteiger partial charge in [0.2, 0.25) is 0 Å². The van der Waals surface area contributed by atoms with E-state index in [1.54, 1.807) is 0 Å². The zero-order valence-electron chi connectivity index (χ0n) is 9.13. The van der Waals surface area contributed by atoms with Gasteiger partial charge in [0.15, 0.2) is 0 Å². The first kappa shape index (κ1) is 11.2. The van der Waals surface area contributed by atoms with E-state index in [0.29, 0.717) is 5.15 Å². The van der Waals surface area contributed by atoms with Gasteiger partial charge in [-0.05, 0) is 13.3 Å².